The summed E-state index contributed by atoms with van der Waals surface area (Å²) in [5.41, 5.74) is 3.12. The third-order valence-corrected chi connectivity index (χ3v) is 4.10. The molecule has 0 spiro atoms. The van der Waals surface area contributed by atoms with Crippen LogP contribution in [-0.2, 0) is 0 Å². The largest absolute Gasteiger partial charge is 0.330 e. The molecule has 0 radical (unpaired) electrons. The molecule has 0 saturated carbocycles. The third-order valence-electron chi connectivity index (χ3n) is 4.10. The molecule has 1 N–H and O–H groups in total. The standard InChI is InChI=1S/C19H22N4O/c1-13-9-5-6-10-14(13)17(24)20-18(19(2,3)4)23-16-12-8-7-11-15(16)21-22-23/h5-12,18H,1-4H3,(H,20,24). The Bertz CT molecular complexity index is 876. The molecule has 1 unspecified atom stereocenters. The normalized spacial score (nSPS) is 13.0. The summed E-state index contributed by atoms with van der Waals surface area (Å²) >= 11 is 0. The minimum absolute atomic E-state index is 0.104. The monoisotopic (exact) mass is 322 g/mol. The van der Waals surface area contributed by atoms with Crippen molar-refractivity contribution < 1.29 is 4.79 Å². The van der Waals surface area contributed by atoms with Crippen molar-refractivity contribution in [3.8, 4) is 0 Å². The SMILES string of the molecule is Cc1ccccc1C(=O)NC(n1nnc2ccccc21)C(C)(C)C. The second kappa shape index (κ2) is 6.07. The Morgan fingerprint density at radius 2 is 1.75 bits per heavy atom. The Labute approximate surface area is 141 Å². The summed E-state index contributed by atoms with van der Waals surface area (Å²) < 4.78 is 1.80. The smallest absolute Gasteiger partial charge is 0.253 e. The molecule has 0 aliphatic heterocycles. The number of benzene rings is 2. The molecule has 0 aliphatic carbocycles. The van der Waals surface area contributed by atoms with Crippen LogP contribution in [0.3, 0.4) is 0 Å². The summed E-state index contributed by atoms with van der Waals surface area (Å²) in [6.07, 6.45) is -0.308. The molecule has 0 fully saturated rings. The molecular formula is C19H22N4O. The van der Waals surface area contributed by atoms with Crippen molar-refractivity contribution >= 4 is 16.9 Å². The van der Waals surface area contributed by atoms with Gasteiger partial charge < -0.3 is 5.32 Å². The zero-order valence-electron chi connectivity index (χ0n) is 14.4. The number of para-hydroxylation sites is 1. The number of carbonyl (C=O) groups excluding carboxylic acids is 1. The molecule has 1 aromatic heterocycles. The van der Waals surface area contributed by atoms with Gasteiger partial charge in [-0.05, 0) is 30.7 Å². The number of aromatic nitrogens is 3. The van der Waals surface area contributed by atoms with E-state index in [0.29, 0.717) is 5.56 Å². The van der Waals surface area contributed by atoms with Crippen molar-refractivity contribution in [1.82, 2.24) is 20.3 Å². The predicted octanol–water partition coefficient (Wildman–Crippen LogP) is 3.71. The van der Waals surface area contributed by atoms with Gasteiger partial charge in [-0.1, -0.05) is 56.3 Å². The molecule has 24 heavy (non-hydrogen) atoms. The lowest BCUT2D eigenvalue weighted by Crippen LogP contribution is -2.41. The van der Waals surface area contributed by atoms with Gasteiger partial charge in [-0.15, -0.1) is 5.10 Å². The Balaban J connectivity index is 1.99. The van der Waals surface area contributed by atoms with Crippen LogP contribution in [0.1, 0.15) is 42.9 Å². The maximum Gasteiger partial charge on any atom is 0.253 e. The van der Waals surface area contributed by atoms with Crippen molar-refractivity contribution in [1.29, 1.82) is 0 Å². The molecule has 5 nitrogen and oxygen atoms in total. The fraction of sp³-hybridized carbons (Fsp3) is 0.316. The van der Waals surface area contributed by atoms with Crippen molar-refractivity contribution in [3.63, 3.8) is 0 Å². The topological polar surface area (TPSA) is 59.8 Å². The first-order valence-corrected chi connectivity index (χ1v) is 8.04. The number of carbonyl (C=O) groups is 1. The van der Waals surface area contributed by atoms with Crippen LogP contribution in [0.2, 0.25) is 0 Å². The Morgan fingerprint density at radius 1 is 1.08 bits per heavy atom. The predicted molar refractivity (Wildman–Crippen MR) is 94.7 cm³/mol. The lowest BCUT2D eigenvalue weighted by atomic mass is 9.91. The quantitative estimate of drug-likeness (QED) is 0.799. The first-order valence-electron chi connectivity index (χ1n) is 8.04. The van der Waals surface area contributed by atoms with E-state index >= 15 is 0 Å². The molecule has 3 rings (SSSR count). The van der Waals surface area contributed by atoms with Gasteiger partial charge in [0, 0.05) is 11.0 Å². The number of fused-ring (bicyclic) bond motifs is 1. The van der Waals surface area contributed by atoms with Gasteiger partial charge in [0.15, 0.2) is 0 Å². The highest BCUT2D eigenvalue weighted by Gasteiger charge is 2.30. The molecule has 5 heteroatoms. The molecule has 0 saturated heterocycles. The molecular weight excluding hydrogens is 300 g/mol. The van der Waals surface area contributed by atoms with Crippen LogP contribution in [0.15, 0.2) is 48.5 Å². The molecule has 0 aliphatic rings. The van der Waals surface area contributed by atoms with Crippen molar-refractivity contribution in [2.24, 2.45) is 5.41 Å². The number of amides is 1. The first-order chi connectivity index (χ1) is 11.4. The second-order valence-corrected chi connectivity index (χ2v) is 7.08. The van der Waals surface area contributed by atoms with E-state index in [0.717, 1.165) is 16.6 Å². The Hall–Kier alpha value is -2.69. The van der Waals surface area contributed by atoms with E-state index in [1.54, 1.807) is 4.68 Å². The number of nitrogens with zero attached hydrogens (tertiary/aromatic N) is 3. The third kappa shape index (κ3) is 3.02. The van der Waals surface area contributed by atoms with E-state index in [2.05, 4.69) is 36.4 Å². The lowest BCUT2D eigenvalue weighted by molar-refractivity contribution is 0.0843. The van der Waals surface area contributed by atoms with Crippen LogP contribution in [0.5, 0.6) is 0 Å². The average Bonchev–Trinajstić information content (AvgIpc) is 2.95. The number of nitrogens with one attached hydrogen (secondary N) is 1. The zero-order chi connectivity index (χ0) is 17.3. The minimum Gasteiger partial charge on any atom is -0.330 e. The molecule has 1 amide bonds. The summed E-state index contributed by atoms with van der Waals surface area (Å²) in [6, 6.07) is 15.3. The van der Waals surface area contributed by atoms with Crippen LogP contribution in [-0.4, -0.2) is 20.9 Å². The summed E-state index contributed by atoms with van der Waals surface area (Å²) in [5, 5.41) is 11.6. The van der Waals surface area contributed by atoms with E-state index in [1.165, 1.54) is 0 Å². The summed E-state index contributed by atoms with van der Waals surface area (Å²) in [4.78, 5) is 12.8. The fourth-order valence-corrected chi connectivity index (χ4v) is 2.75. The van der Waals surface area contributed by atoms with Gasteiger partial charge in [0.05, 0.1) is 5.52 Å². The lowest BCUT2D eigenvalue weighted by Gasteiger charge is -2.31. The number of rotatable bonds is 3. The van der Waals surface area contributed by atoms with Gasteiger partial charge in [0.1, 0.15) is 11.7 Å². The van der Waals surface area contributed by atoms with E-state index in [-0.39, 0.29) is 17.5 Å². The Morgan fingerprint density at radius 3 is 2.46 bits per heavy atom. The van der Waals surface area contributed by atoms with E-state index in [1.807, 2.05) is 55.5 Å². The fourth-order valence-electron chi connectivity index (χ4n) is 2.75. The van der Waals surface area contributed by atoms with Crippen LogP contribution >= 0.6 is 0 Å². The molecule has 1 heterocycles. The van der Waals surface area contributed by atoms with Gasteiger partial charge in [-0.25, -0.2) is 4.68 Å². The van der Waals surface area contributed by atoms with Crippen LogP contribution in [0.4, 0.5) is 0 Å². The minimum atomic E-state index is -0.308. The van der Waals surface area contributed by atoms with Crippen LogP contribution < -0.4 is 5.32 Å². The van der Waals surface area contributed by atoms with Crippen molar-refractivity contribution in [2.45, 2.75) is 33.9 Å². The molecule has 1 atom stereocenters. The van der Waals surface area contributed by atoms with Gasteiger partial charge in [-0.3, -0.25) is 4.79 Å². The van der Waals surface area contributed by atoms with E-state index in [4.69, 9.17) is 0 Å². The van der Waals surface area contributed by atoms with Crippen molar-refractivity contribution in [2.75, 3.05) is 0 Å². The average molecular weight is 322 g/mol. The number of hydrogen-bond donors (Lipinski definition) is 1. The number of aryl methyl sites for hydroxylation is 1. The molecule has 2 aromatic carbocycles. The Kier molecular flexibility index (Phi) is 4.09. The van der Waals surface area contributed by atoms with Gasteiger partial charge in [0.2, 0.25) is 0 Å². The van der Waals surface area contributed by atoms with Gasteiger partial charge in [-0.2, -0.15) is 0 Å². The van der Waals surface area contributed by atoms with Crippen molar-refractivity contribution in [3.05, 3.63) is 59.7 Å². The summed E-state index contributed by atoms with van der Waals surface area (Å²) in [6.45, 7) is 8.16. The molecule has 0 bridgehead atoms. The van der Waals surface area contributed by atoms with E-state index in [9.17, 15) is 4.79 Å². The van der Waals surface area contributed by atoms with Crippen LogP contribution in [0.25, 0.3) is 11.0 Å². The highest BCUT2D eigenvalue weighted by atomic mass is 16.1. The van der Waals surface area contributed by atoms with E-state index < -0.39 is 0 Å². The highest BCUT2D eigenvalue weighted by molar-refractivity contribution is 5.95. The maximum absolute atomic E-state index is 12.8. The second-order valence-electron chi connectivity index (χ2n) is 7.08. The highest BCUT2D eigenvalue weighted by Crippen LogP contribution is 2.30. The van der Waals surface area contributed by atoms with Crippen LogP contribution in [0, 0.1) is 12.3 Å². The zero-order valence-corrected chi connectivity index (χ0v) is 14.4. The summed E-state index contributed by atoms with van der Waals surface area (Å²) in [5.74, 6) is -0.104. The molecule has 124 valence electrons. The first kappa shape index (κ1) is 16.2. The van der Waals surface area contributed by atoms with Gasteiger partial charge >= 0.3 is 0 Å². The molecule has 3 aromatic rings. The maximum atomic E-state index is 12.8. The number of hydrogen-bond acceptors (Lipinski definition) is 3. The summed E-state index contributed by atoms with van der Waals surface area (Å²) in [7, 11) is 0. The van der Waals surface area contributed by atoms with Gasteiger partial charge in [0.25, 0.3) is 5.91 Å².